The zero-order chi connectivity index (χ0) is 19.7. The number of nitrogens with zero attached hydrogens (tertiary/aromatic N) is 2. The minimum atomic E-state index is -4.02. The molecule has 28 heavy (non-hydrogen) atoms. The fourth-order valence-electron chi connectivity index (χ4n) is 2.91. The van der Waals surface area contributed by atoms with Gasteiger partial charge in [-0.3, -0.25) is 0 Å². The molecule has 1 aromatic heterocycles. The van der Waals surface area contributed by atoms with Gasteiger partial charge in [0.05, 0.1) is 10.9 Å². The SMILES string of the molecule is Cc1ccc(S(=O)(=O)Oc2nc(-c3ccccc3C)nc3ccccc23)cc1. The predicted molar refractivity (Wildman–Crippen MR) is 109 cm³/mol. The average Bonchev–Trinajstić information content (AvgIpc) is 2.68. The standard InChI is InChI=1S/C22H18N2O3S/c1-15-11-13-17(14-12-15)28(25,26)27-22-19-9-5-6-10-20(19)23-21(24-22)18-8-4-3-7-16(18)2/h3-14H,1-2H3. The maximum atomic E-state index is 12.8. The maximum absolute atomic E-state index is 12.8. The Morgan fingerprint density at radius 1 is 0.786 bits per heavy atom. The Morgan fingerprint density at radius 2 is 1.46 bits per heavy atom. The van der Waals surface area contributed by atoms with Gasteiger partial charge in [-0.05, 0) is 43.7 Å². The normalized spacial score (nSPS) is 11.5. The van der Waals surface area contributed by atoms with Crippen molar-refractivity contribution in [3.05, 3.63) is 83.9 Å². The zero-order valence-corrected chi connectivity index (χ0v) is 16.3. The lowest BCUT2D eigenvalue weighted by Gasteiger charge is -2.11. The number of para-hydroxylation sites is 1. The van der Waals surface area contributed by atoms with Gasteiger partial charge < -0.3 is 4.18 Å². The molecule has 0 aliphatic heterocycles. The van der Waals surface area contributed by atoms with Crippen LogP contribution < -0.4 is 4.18 Å². The molecule has 0 radical (unpaired) electrons. The van der Waals surface area contributed by atoms with E-state index in [2.05, 4.69) is 9.97 Å². The van der Waals surface area contributed by atoms with Gasteiger partial charge in [0.15, 0.2) is 5.82 Å². The fraction of sp³-hybridized carbons (Fsp3) is 0.0909. The number of aromatic nitrogens is 2. The molecule has 4 rings (SSSR count). The van der Waals surface area contributed by atoms with Crippen molar-refractivity contribution in [1.82, 2.24) is 9.97 Å². The van der Waals surface area contributed by atoms with Crippen molar-refractivity contribution in [2.45, 2.75) is 18.7 Å². The Hall–Kier alpha value is -3.25. The highest BCUT2D eigenvalue weighted by molar-refractivity contribution is 7.87. The Balaban J connectivity index is 1.86. The minimum absolute atomic E-state index is 0.0180. The summed E-state index contributed by atoms with van der Waals surface area (Å²) in [6, 6.07) is 21.4. The van der Waals surface area contributed by atoms with Crippen LogP contribution in [-0.4, -0.2) is 18.4 Å². The summed E-state index contributed by atoms with van der Waals surface area (Å²) in [6.07, 6.45) is 0. The van der Waals surface area contributed by atoms with Gasteiger partial charge in [-0.25, -0.2) is 4.98 Å². The molecule has 0 saturated carbocycles. The summed E-state index contributed by atoms with van der Waals surface area (Å²) >= 11 is 0. The molecular weight excluding hydrogens is 372 g/mol. The highest BCUT2D eigenvalue weighted by atomic mass is 32.2. The van der Waals surface area contributed by atoms with Gasteiger partial charge in [0.25, 0.3) is 0 Å². The van der Waals surface area contributed by atoms with Crippen LogP contribution in [0.2, 0.25) is 0 Å². The van der Waals surface area contributed by atoms with Gasteiger partial charge in [-0.2, -0.15) is 13.4 Å². The number of hydrogen-bond acceptors (Lipinski definition) is 5. The summed E-state index contributed by atoms with van der Waals surface area (Å²) < 4.78 is 31.0. The van der Waals surface area contributed by atoms with Crippen LogP contribution in [0.1, 0.15) is 11.1 Å². The number of rotatable bonds is 4. The van der Waals surface area contributed by atoms with Crippen LogP contribution in [0, 0.1) is 13.8 Å². The second-order valence-corrected chi connectivity index (χ2v) is 8.08. The molecule has 0 aliphatic carbocycles. The molecule has 0 unspecified atom stereocenters. The van der Waals surface area contributed by atoms with Crippen LogP contribution in [0.15, 0.2) is 77.7 Å². The Labute approximate surface area is 163 Å². The first-order chi connectivity index (χ1) is 13.4. The van der Waals surface area contributed by atoms with E-state index in [0.717, 1.165) is 16.7 Å². The predicted octanol–water partition coefficient (Wildman–Crippen LogP) is 4.68. The molecule has 0 N–H and O–H groups in total. The van der Waals surface area contributed by atoms with E-state index in [1.54, 1.807) is 24.3 Å². The van der Waals surface area contributed by atoms with Crippen molar-refractivity contribution in [3.8, 4) is 17.3 Å². The number of aryl methyl sites for hydroxylation is 2. The lowest BCUT2D eigenvalue weighted by atomic mass is 10.1. The van der Waals surface area contributed by atoms with E-state index >= 15 is 0 Å². The molecule has 0 spiro atoms. The second-order valence-electron chi connectivity index (χ2n) is 6.53. The smallest absolute Gasteiger partial charge is 0.340 e. The maximum Gasteiger partial charge on any atom is 0.340 e. The largest absolute Gasteiger partial charge is 0.357 e. The molecule has 6 heteroatoms. The highest BCUT2D eigenvalue weighted by Crippen LogP contribution is 2.29. The number of fused-ring (bicyclic) bond motifs is 1. The molecule has 140 valence electrons. The third-order valence-electron chi connectivity index (χ3n) is 4.45. The van der Waals surface area contributed by atoms with Gasteiger partial charge in [0.2, 0.25) is 5.88 Å². The van der Waals surface area contributed by atoms with E-state index < -0.39 is 10.1 Å². The molecule has 5 nitrogen and oxygen atoms in total. The number of hydrogen-bond donors (Lipinski definition) is 0. The summed E-state index contributed by atoms with van der Waals surface area (Å²) in [4.78, 5) is 9.12. The van der Waals surface area contributed by atoms with E-state index in [1.165, 1.54) is 12.1 Å². The van der Waals surface area contributed by atoms with Crippen molar-refractivity contribution < 1.29 is 12.6 Å². The second kappa shape index (κ2) is 7.05. The van der Waals surface area contributed by atoms with Crippen LogP contribution in [0.5, 0.6) is 5.88 Å². The molecule has 0 aliphatic rings. The van der Waals surface area contributed by atoms with Crippen LogP contribution in [0.4, 0.5) is 0 Å². The van der Waals surface area contributed by atoms with Gasteiger partial charge in [-0.15, -0.1) is 0 Å². The minimum Gasteiger partial charge on any atom is -0.357 e. The van der Waals surface area contributed by atoms with Crippen LogP contribution in [0.3, 0.4) is 0 Å². The zero-order valence-electron chi connectivity index (χ0n) is 15.5. The molecule has 4 aromatic rings. The molecule has 0 bridgehead atoms. The topological polar surface area (TPSA) is 69.2 Å². The van der Waals surface area contributed by atoms with Crippen molar-refractivity contribution in [2.24, 2.45) is 0 Å². The van der Waals surface area contributed by atoms with E-state index in [4.69, 9.17) is 4.18 Å². The quantitative estimate of drug-likeness (QED) is 0.473. The van der Waals surface area contributed by atoms with Gasteiger partial charge in [0.1, 0.15) is 4.90 Å². The highest BCUT2D eigenvalue weighted by Gasteiger charge is 2.20. The van der Waals surface area contributed by atoms with Crippen molar-refractivity contribution in [3.63, 3.8) is 0 Å². The first-order valence-corrected chi connectivity index (χ1v) is 10.2. The first kappa shape index (κ1) is 18.1. The van der Waals surface area contributed by atoms with E-state index in [9.17, 15) is 8.42 Å². The molecule has 0 amide bonds. The molecule has 0 atom stereocenters. The van der Waals surface area contributed by atoms with Gasteiger partial charge in [-0.1, -0.05) is 54.1 Å². The summed E-state index contributed by atoms with van der Waals surface area (Å²) in [6.45, 7) is 3.85. The van der Waals surface area contributed by atoms with E-state index in [0.29, 0.717) is 16.7 Å². The summed E-state index contributed by atoms with van der Waals surface area (Å²) in [5.74, 6) is 0.440. The van der Waals surface area contributed by atoms with Crippen LogP contribution in [0.25, 0.3) is 22.3 Å². The first-order valence-electron chi connectivity index (χ1n) is 8.78. The van der Waals surface area contributed by atoms with Crippen LogP contribution in [-0.2, 0) is 10.1 Å². The molecule has 3 aromatic carbocycles. The van der Waals surface area contributed by atoms with Crippen molar-refractivity contribution in [1.29, 1.82) is 0 Å². The molecule has 0 saturated heterocycles. The molecule has 1 heterocycles. The fourth-order valence-corrected chi connectivity index (χ4v) is 3.81. The summed E-state index contributed by atoms with van der Waals surface area (Å²) in [5.41, 5.74) is 3.40. The monoisotopic (exact) mass is 390 g/mol. The third-order valence-corrected chi connectivity index (χ3v) is 5.68. The lowest BCUT2D eigenvalue weighted by Crippen LogP contribution is -2.11. The Morgan fingerprint density at radius 3 is 2.21 bits per heavy atom. The summed E-state index contributed by atoms with van der Waals surface area (Å²) in [7, 11) is -4.02. The van der Waals surface area contributed by atoms with Crippen molar-refractivity contribution in [2.75, 3.05) is 0 Å². The lowest BCUT2D eigenvalue weighted by molar-refractivity contribution is 0.479. The molecule has 0 fully saturated rings. The van der Waals surface area contributed by atoms with E-state index in [1.807, 2.05) is 50.2 Å². The summed E-state index contributed by atoms with van der Waals surface area (Å²) in [5, 5.41) is 0.538. The third kappa shape index (κ3) is 3.46. The van der Waals surface area contributed by atoms with E-state index in [-0.39, 0.29) is 10.8 Å². The van der Waals surface area contributed by atoms with Crippen LogP contribution >= 0.6 is 0 Å². The Kier molecular flexibility index (Phi) is 4.57. The molecular formula is C22H18N2O3S. The average molecular weight is 390 g/mol. The van der Waals surface area contributed by atoms with Gasteiger partial charge in [0, 0.05) is 5.56 Å². The number of benzene rings is 3. The van der Waals surface area contributed by atoms with Crippen molar-refractivity contribution >= 4 is 21.0 Å². The van der Waals surface area contributed by atoms with Gasteiger partial charge >= 0.3 is 10.1 Å². The Bertz CT molecular complexity index is 1270.